The van der Waals surface area contributed by atoms with Crippen LogP contribution in [0.5, 0.6) is 11.5 Å². The Morgan fingerprint density at radius 1 is 1.04 bits per heavy atom. The van der Waals surface area contributed by atoms with Crippen LogP contribution < -0.4 is 9.47 Å². The first-order chi connectivity index (χ1) is 13.2. The number of carbonyl (C=O) groups is 1. The molecule has 3 rings (SSSR count). The van der Waals surface area contributed by atoms with Gasteiger partial charge in [-0.05, 0) is 70.9 Å². The quantitative estimate of drug-likeness (QED) is 0.380. The third-order valence-corrected chi connectivity index (χ3v) is 4.39. The Morgan fingerprint density at radius 3 is 2.59 bits per heavy atom. The molecule has 0 amide bonds. The van der Waals surface area contributed by atoms with E-state index in [-0.39, 0.29) is 0 Å². The fourth-order valence-corrected chi connectivity index (χ4v) is 2.87. The second-order valence-corrected chi connectivity index (χ2v) is 6.45. The smallest absolute Gasteiger partial charge is 0.344 e. The molecule has 3 aromatic rings. The van der Waals surface area contributed by atoms with Crippen molar-refractivity contribution >= 4 is 34.1 Å². The van der Waals surface area contributed by atoms with Crippen LogP contribution in [0.3, 0.4) is 0 Å². The van der Waals surface area contributed by atoms with Crippen molar-refractivity contribution < 1.29 is 14.3 Å². The summed E-state index contributed by atoms with van der Waals surface area (Å²) in [4.78, 5) is 16.7. The summed E-state index contributed by atoms with van der Waals surface area (Å²) in [5.41, 5.74) is 2.24. The van der Waals surface area contributed by atoms with Crippen LogP contribution in [0.25, 0.3) is 12.2 Å². The second-order valence-electron chi connectivity index (χ2n) is 5.60. The number of aromatic nitrogens is 1. The van der Waals surface area contributed by atoms with Crippen molar-refractivity contribution in [2.75, 3.05) is 6.61 Å². The highest BCUT2D eigenvalue weighted by Crippen LogP contribution is 2.30. The lowest BCUT2D eigenvalue weighted by Crippen LogP contribution is -2.10. The van der Waals surface area contributed by atoms with E-state index in [0.717, 1.165) is 11.3 Å². The first-order valence-corrected chi connectivity index (χ1v) is 9.29. The summed E-state index contributed by atoms with van der Waals surface area (Å²) in [6, 6.07) is 18.3. The topological polar surface area (TPSA) is 48.4 Å². The van der Waals surface area contributed by atoms with E-state index in [2.05, 4.69) is 20.9 Å². The van der Waals surface area contributed by atoms with E-state index in [4.69, 9.17) is 9.47 Å². The molecule has 0 bridgehead atoms. The molecular formula is C22H18BrNO3. The molecule has 1 heterocycles. The third-order valence-electron chi connectivity index (χ3n) is 3.70. The predicted octanol–water partition coefficient (Wildman–Crippen LogP) is 5.63. The number of hydrogen-bond acceptors (Lipinski definition) is 4. The molecule has 0 aliphatic rings. The molecule has 0 unspecified atom stereocenters. The maximum absolute atomic E-state index is 12.5. The zero-order valence-corrected chi connectivity index (χ0v) is 16.3. The minimum Gasteiger partial charge on any atom is -0.490 e. The van der Waals surface area contributed by atoms with Gasteiger partial charge in [0.2, 0.25) is 0 Å². The molecule has 27 heavy (non-hydrogen) atoms. The Bertz CT molecular complexity index is 955. The Labute approximate surface area is 166 Å². The van der Waals surface area contributed by atoms with Crippen LogP contribution in [0.1, 0.15) is 28.5 Å². The van der Waals surface area contributed by atoms with Crippen molar-refractivity contribution in [1.29, 1.82) is 0 Å². The van der Waals surface area contributed by atoms with Gasteiger partial charge in [-0.2, -0.15) is 0 Å². The van der Waals surface area contributed by atoms with E-state index < -0.39 is 5.97 Å². The molecule has 0 saturated carbocycles. The van der Waals surface area contributed by atoms with Crippen LogP contribution in [0, 0.1) is 0 Å². The zero-order valence-electron chi connectivity index (χ0n) is 14.8. The molecule has 0 aliphatic heterocycles. The number of carbonyl (C=O) groups excluding carboxylic acids is 1. The van der Waals surface area contributed by atoms with Crippen molar-refractivity contribution in [1.82, 2.24) is 4.98 Å². The minimum atomic E-state index is -0.444. The Kier molecular flexibility index (Phi) is 6.39. The van der Waals surface area contributed by atoms with Gasteiger partial charge < -0.3 is 9.47 Å². The highest BCUT2D eigenvalue weighted by molar-refractivity contribution is 9.10. The van der Waals surface area contributed by atoms with Gasteiger partial charge in [0.05, 0.1) is 17.9 Å². The van der Waals surface area contributed by atoms with E-state index in [9.17, 15) is 4.79 Å². The van der Waals surface area contributed by atoms with Crippen LogP contribution in [-0.2, 0) is 0 Å². The first-order valence-electron chi connectivity index (χ1n) is 8.50. The fourth-order valence-electron chi connectivity index (χ4n) is 2.42. The first kappa shape index (κ1) is 18.9. The van der Waals surface area contributed by atoms with Gasteiger partial charge in [0.1, 0.15) is 0 Å². The molecule has 2 aromatic carbocycles. The lowest BCUT2D eigenvalue weighted by molar-refractivity contribution is 0.0727. The van der Waals surface area contributed by atoms with E-state index in [1.165, 1.54) is 0 Å². The molecule has 0 atom stereocenters. The molecule has 0 fully saturated rings. The molecule has 0 radical (unpaired) electrons. The zero-order chi connectivity index (χ0) is 19.1. The van der Waals surface area contributed by atoms with Gasteiger partial charge in [-0.1, -0.05) is 30.3 Å². The molecule has 0 aliphatic carbocycles. The van der Waals surface area contributed by atoms with Gasteiger partial charge in [0.25, 0.3) is 0 Å². The standard InChI is InChI=1S/C22H18BrNO3/c1-2-26-21-15-16(10-12-17-7-5-6-14-24-17)11-13-20(21)27-22(25)18-8-3-4-9-19(18)23/h3-15H,2H2,1H3/b12-10+. The Morgan fingerprint density at radius 2 is 1.85 bits per heavy atom. The van der Waals surface area contributed by atoms with Crippen LogP contribution in [-0.4, -0.2) is 17.6 Å². The molecule has 136 valence electrons. The summed E-state index contributed by atoms with van der Waals surface area (Å²) in [5, 5.41) is 0. The number of nitrogens with zero attached hydrogens (tertiary/aromatic N) is 1. The number of ether oxygens (including phenoxy) is 2. The number of pyridine rings is 1. The molecule has 0 saturated heterocycles. The fraction of sp³-hybridized carbons (Fsp3) is 0.0909. The number of rotatable bonds is 6. The van der Waals surface area contributed by atoms with Crippen molar-refractivity contribution in [2.24, 2.45) is 0 Å². The van der Waals surface area contributed by atoms with Crippen LogP contribution in [0.4, 0.5) is 0 Å². The monoisotopic (exact) mass is 423 g/mol. The molecule has 0 N–H and O–H groups in total. The van der Waals surface area contributed by atoms with E-state index in [0.29, 0.717) is 28.1 Å². The van der Waals surface area contributed by atoms with Crippen LogP contribution in [0.2, 0.25) is 0 Å². The second kappa shape index (κ2) is 9.14. The largest absolute Gasteiger partial charge is 0.490 e. The summed E-state index contributed by atoms with van der Waals surface area (Å²) >= 11 is 3.37. The lowest BCUT2D eigenvalue weighted by Gasteiger charge is -2.12. The Balaban J connectivity index is 1.82. The van der Waals surface area contributed by atoms with Crippen molar-refractivity contribution in [2.45, 2.75) is 6.92 Å². The third kappa shape index (κ3) is 5.05. The van der Waals surface area contributed by atoms with Gasteiger partial charge in [0.15, 0.2) is 11.5 Å². The number of hydrogen-bond donors (Lipinski definition) is 0. The van der Waals surface area contributed by atoms with Gasteiger partial charge in [-0.15, -0.1) is 0 Å². The van der Waals surface area contributed by atoms with E-state index >= 15 is 0 Å². The summed E-state index contributed by atoms with van der Waals surface area (Å²) < 4.78 is 11.9. The number of benzene rings is 2. The molecule has 5 heteroatoms. The molecular weight excluding hydrogens is 406 g/mol. The highest BCUT2D eigenvalue weighted by atomic mass is 79.9. The normalized spacial score (nSPS) is 10.7. The molecule has 0 spiro atoms. The van der Waals surface area contributed by atoms with Gasteiger partial charge in [-0.3, -0.25) is 4.98 Å². The predicted molar refractivity (Wildman–Crippen MR) is 110 cm³/mol. The highest BCUT2D eigenvalue weighted by Gasteiger charge is 2.15. The van der Waals surface area contributed by atoms with Crippen LogP contribution in [0.15, 0.2) is 71.3 Å². The van der Waals surface area contributed by atoms with E-state index in [1.807, 2.05) is 55.5 Å². The van der Waals surface area contributed by atoms with Gasteiger partial charge in [0, 0.05) is 10.7 Å². The average molecular weight is 424 g/mol. The number of esters is 1. The Hall–Kier alpha value is -2.92. The summed E-state index contributed by atoms with van der Waals surface area (Å²) in [5.74, 6) is 0.453. The maximum Gasteiger partial charge on any atom is 0.344 e. The lowest BCUT2D eigenvalue weighted by atomic mass is 10.1. The summed E-state index contributed by atoms with van der Waals surface area (Å²) in [7, 11) is 0. The van der Waals surface area contributed by atoms with E-state index in [1.54, 1.807) is 30.5 Å². The minimum absolute atomic E-state index is 0.382. The number of halogens is 1. The van der Waals surface area contributed by atoms with Gasteiger partial charge >= 0.3 is 5.97 Å². The van der Waals surface area contributed by atoms with Crippen molar-refractivity contribution in [3.05, 3.63) is 88.2 Å². The average Bonchev–Trinajstić information content (AvgIpc) is 2.69. The van der Waals surface area contributed by atoms with Crippen molar-refractivity contribution in [3.8, 4) is 11.5 Å². The van der Waals surface area contributed by atoms with Gasteiger partial charge in [-0.25, -0.2) is 4.79 Å². The summed E-state index contributed by atoms with van der Waals surface area (Å²) in [6.45, 7) is 2.35. The summed E-state index contributed by atoms with van der Waals surface area (Å²) in [6.07, 6.45) is 5.59. The SMILES string of the molecule is CCOc1cc(/C=C/c2ccccn2)ccc1OC(=O)c1ccccc1Br. The van der Waals surface area contributed by atoms with Crippen molar-refractivity contribution in [3.63, 3.8) is 0 Å². The maximum atomic E-state index is 12.5. The van der Waals surface area contributed by atoms with Crippen LogP contribution >= 0.6 is 15.9 Å². The molecule has 4 nitrogen and oxygen atoms in total. The molecule has 1 aromatic heterocycles.